The van der Waals surface area contributed by atoms with Gasteiger partial charge in [-0.25, -0.2) is 20.0 Å². The summed E-state index contributed by atoms with van der Waals surface area (Å²) in [5.74, 6) is 0.239. The molecule has 1 aromatic carbocycles. The summed E-state index contributed by atoms with van der Waals surface area (Å²) >= 11 is 0. The Morgan fingerprint density at radius 3 is 2.24 bits per heavy atom. The number of rotatable bonds is 2. The van der Waals surface area contributed by atoms with E-state index in [0.29, 0.717) is 17.5 Å². The quantitative estimate of drug-likeness (QED) is 0.726. The second kappa shape index (κ2) is 6.20. The number of halogens is 2. The van der Waals surface area contributed by atoms with Crippen molar-refractivity contribution in [3.8, 4) is 0 Å². The molecule has 0 amide bonds. The predicted molar refractivity (Wildman–Crippen MR) is 91.2 cm³/mol. The van der Waals surface area contributed by atoms with Crippen LogP contribution in [-0.2, 0) is 0 Å². The highest BCUT2D eigenvalue weighted by Crippen LogP contribution is 2.23. The first-order chi connectivity index (χ1) is 12.2. The van der Waals surface area contributed by atoms with Crippen LogP contribution in [0.1, 0.15) is 11.1 Å². The third-order valence-electron chi connectivity index (χ3n) is 3.52. The Bertz CT molecular complexity index is 1010. The van der Waals surface area contributed by atoms with Gasteiger partial charge in [-0.2, -0.15) is 8.78 Å². The van der Waals surface area contributed by atoms with E-state index in [1.54, 1.807) is 18.2 Å². The zero-order valence-electron chi connectivity index (χ0n) is 12.8. The normalized spacial score (nSPS) is 14.3. The fraction of sp³-hybridized carbons (Fsp3) is 0. The Balaban J connectivity index is 1.75. The molecule has 25 heavy (non-hydrogen) atoms. The third kappa shape index (κ3) is 3.12. The molecule has 5 nitrogen and oxygen atoms in total. The summed E-state index contributed by atoms with van der Waals surface area (Å²) < 4.78 is 26.5. The molecule has 0 saturated heterocycles. The van der Waals surface area contributed by atoms with Crippen LogP contribution in [0.25, 0.3) is 0 Å². The predicted octanol–water partition coefficient (Wildman–Crippen LogP) is 3.71. The van der Waals surface area contributed by atoms with E-state index in [1.165, 1.54) is 18.2 Å². The van der Waals surface area contributed by atoms with Crippen LogP contribution in [0.15, 0.2) is 70.6 Å². The molecule has 1 aliphatic rings. The average Bonchev–Trinajstić information content (AvgIpc) is 2.93. The lowest BCUT2D eigenvalue weighted by Crippen LogP contribution is -2.12. The van der Waals surface area contributed by atoms with Crippen molar-refractivity contribution in [2.24, 2.45) is 9.98 Å². The summed E-state index contributed by atoms with van der Waals surface area (Å²) in [6.45, 7) is 0. The van der Waals surface area contributed by atoms with Crippen molar-refractivity contribution in [3.63, 3.8) is 0 Å². The molecule has 0 bridgehead atoms. The lowest BCUT2D eigenvalue weighted by Gasteiger charge is -2.05. The minimum Gasteiger partial charge on any atom is -0.324 e. The first kappa shape index (κ1) is 15.1. The Morgan fingerprint density at radius 2 is 1.48 bits per heavy atom. The van der Waals surface area contributed by atoms with Gasteiger partial charge in [0.15, 0.2) is 11.7 Å². The largest absolute Gasteiger partial charge is 0.324 e. The van der Waals surface area contributed by atoms with Crippen molar-refractivity contribution in [2.75, 3.05) is 5.32 Å². The van der Waals surface area contributed by atoms with Crippen LogP contribution in [-0.4, -0.2) is 21.6 Å². The van der Waals surface area contributed by atoms with E-state index in [9.17, 15) is 8.78 Å². The van der Waals surface area contributed by atoms with Crippen LogP contribution >= 0.6 is 0 Å². The van der Waals surface area contributed by atoms with E-state index in [1.807, 2.05) is 24.3 Å². The number of nitrogens with one attached hydrogen (secondary N) is 1. The molecule has 3 heterocycles. The van der Waals surface area contributed by atoms with Crippen LogP contribution in [0.2, 0.25) is 0 Å². The zero-order valence-corrected chi connectivity index (χ0v) is 12.8. The van der Waals surface area contributed by atoms with Gasteiger partial charge in [0.05, 0.1) is 0 Å². The maximum absolute atomic E-state index is 13.3. The summed E-state index contributed by atoms with van der Waals surface area (Å²) in [7, 11) is 0. The van der Waals surface area contributed by atoms with Gasteiger partial charge in [-0.3, -0.25) is 0 Å². The number of fused-ring (bicyclic) bond motifs is 1. The van der Waals surface area contributed by atoms with E-state index in [4.69, 9.17) is 0 Å². The number of aliphatic imine (C=N–C) groups is 2. The van der Waals surface area contributed by atoms with Crippen LogP contribution in [0.4, 0.5) is 20.4 Å². The number of anilines is 1. The second-order valence-corrected chi connectivity index (χ2v) is 5.23. The number of nitrogens with zero attached hydrogens (tertiary/aromatic N) is 4. The molecule has 2 aromatic heterocycles. The van der Waals surface area contributed by atoms with Gasteiger partial charge in [-0.15, -0.1) is 0 Å². The van der Waals surface area contributed by atoms with Crippen LogP contribution in [0, 0.1) is 11.9 Å². The van der Waals surface area contributed by atoms with Crippen LogP contribution < -0.4 is 5.32 Å². The lowest BCUT2D eigenvalue weighted by molar-refractivity contribution is 0.584. The number of amidine groups is 2. The standard InChI is InChI=1S/C18H11F2N5/c19-13-7-3-9-15(21-13)23-17-11-5-1-2-6-12(11)18(25-17)24-16-10-4-8-14(20)22-16/h1-10H,(H,21,22,23,24,25). The van der Waals surface area contributed by atoms with E-state index in [-0.39, 0.29) is 5.82 Å². The number of pyridine rings is 2. The van der Waals surface area contributed by atoms with Gasteiger partial charge in [0.25, 0.3) is 0 Å². The monoisotopic (exact) mass is 335 g/mol. The second-order valence-electron chi connectivity index (χ2n) is 5.23. The van der Waals surface area contributed by atoms with Gasteiger partial charge in [0.2, 0.25) is 11.9 Å². The minimum absolute atomic E-state index is 0.221. The molecule has 1 aliphatic heterocycles. The molecule has 122 valence electrons. The molecule has 4 rings (SSSR count). The van der Waals surface area contributed by atoms with Gasteiger partial charge < -0.3 is 5.32 Å². The summed E-state index contributed by atoms with van der Waals surface area (Å²) in [6.07, 6.45) is 0. The van der Waals surface area contributed by atoms with Gasteiger partial charge in [0.1, 0.15) is 11.7 Å². The molecule has 0 fully saturated rings. The summed E-state index contributed by atoms with van der Waals surface area (Å²) in [6, 6.07) is 16.2. The number of benzene rings is 1. The number of hydrogen-bond donors (Lipinski definition) is 1. The van der Waals surface area contributed by atoms with Crippen molar-refractivity contribution in [1.82, 2.24) is 9.97 Å². The molecule has 0 unspecified atom stereocenters. The minimum atomic E-state index is -0.612. The van der Waals surface area contributed by atoms with Crippen LogP contribution in [0.5, 0.6) is 0 Å². The highest BCUT2D eigenvalue weighted by Gasteiger charge is 2.22. The molecule has 3 aromatic rings. The fourth-order valence-corrected chi connectivity index (χ4v) is 2.46. The zero-order chi connectivity index (χ0) is 17.2. The van der Waals surface area contributed by atoms with Gasteiger partial charge in [-0.05, 0) is 24.3 Å². The van der Waals surface area contributed by atoms with Gasteiger partial charge in [0, 0.05) is 11.1 Å². The third-order valence-corrected chi connectivity index (χ3v) is 3.52. The summed E-state index contributed by atoms with van der Waals surface area (Å²) in [4.78, 5) is 16.2. The molecule has 0 aliphatic carbocycles. The Hall–Kier alpha value is -3.48. The molecule has 0 atom stereocenters. The first-order valence-electron chi connectivity index (χ1n) is 7.48. The molecule has 0 spiro atoms. The van der Waals surface area contributed by atoms with Crippen LogP contribution in [0.3, 0.4) is 0 Å². The summed E-state index contributed by atoms with van der Waals surface area (Å²) in [5, 5.41) is 2.99. The van der Waals surface area contributed by atoms with Crippen molar-refractivity contribution in [3.05, 3.63) is 83.7 Å². The Kier molecular flexibility index (Phi) is 3.74. The molecule has 7 heteroatoms. The maximum atomic E-state index is 13.3. The van der Waals surface area contributed by atoms with Crippen molar-refractivity contribution in [2.45, 2.75) is 0 Å². The molecular weight excluding hydrogens is 324 g/mol. The SMILES string of the molecule is Fc1cccc(N=C2N=C(Nc3cccc(F)n3)c3ccccc32)n1. The van der Waals surface area contributed by atoms with Crippen molar-refractivity contribution >= 4 is 23.3 Å². The highest BCUT2D eigenvalue weighted by atomic mass is 19.1. The van der Waals surface area contributed by atoms with Gasteiger partial charge >= 0.3 is 0 Å². The van der Waals surface area contributed by atoms with E-state index in [2.05, 4.69) is 25.3 Å². The Morgan fingerprint density at radius 1 is 0.760 bits per heavy atom. The Labute approximate surface area is 141 Å². The average molecular weight is 335 g/mol. The summed E-state index contributed by atoms with van der Waals surface area (Å²) in [5.41, 5.74) is 1.57. The molecule has 0 radical (unpaired) electrons. The van der Waals surface area contributed by atoms with Crippen molar-refractivity contribution < 1.29 is 8.78 Å². The number of aromatic nitrogens is 2. The topological polar surface area (TPSA) is 62.5 Å². The molecule has 0 saturated carbocycles. The van der Waals surface area contributed by atoms with E-state index in [0.717, 1.165) is 11.1 Å². The van der Waals surface area contributed by atoms with Crippen molar-refractivity contribution in [1.29, 1.82) is 0 Å². The van der Waals surface area contributed by atoms with E-state index >= 15 is 0 Å². The highest BCUT2D eigenvalue weighted by molar-refractivity contribution is 6.26. The van der Waals surface area contributed by atoms with E-state index < -0.39 is 11.9 Å². The lowest BCUT2D eigenvalue weighted by atomic mass is 10.1. The maximum Gasteiger partial charge on any atom is 0.214 e. The fourth-order valence-electron chi connectivity index (χ4n) is 2.46. The smallest absolute Gasteiger partial charge is 0.214 e. The number of hydrogen-bond acceptors (Lipinski definition) is 4. The first-order valence-corrected chi connectivity index (χ1v) is 7.48. The van der Waals surface area contributed by atoms with Gasteiger partial charge in [-0.1, -0.05) is 36.4 Å². The molecule has 1 N–H and O–H groups in total. The molecular formula is C18H11F2N5.